The molecule has 0 saturated carbocycles. The van der Waals surface area contributed by atoms with Crippen molar-refractivity contribution in [1.82, 2.24) is 15.3 Å². The Hall–Kier alpha value is -3.28. The molecule has 0 bridgehead atoms. The number of benzene rings is 2. The third kappa shape index (κ3) is 4.42. The molecule has 0 aliphatic heterocycles. The molecule has 1 atom stereocenters. The quantitative estimate of drug-likeness (QED) is 0.711. The fraction of sp³-hybridized carbons (Fsp3) is 0.150. The van der Waals surface area contributed by atoms with Gasteiger partial charge in [-0.05, 0) is 24.6 Å². The number of nitrogens with zero attached hydrogens (tertiary/aromatic N) is 2. The molecule has 5 nitrogen and oxygen atoms in total. The molecular weight excluding hydrogens is 331 g/mol. The number of carbonyl (C=O) groups is 1. The summed E-state index contributed by atoms with van der Waals surface area (Å²) in [5.41, 5.74) is 1.73. The van der Waals surface area contributed by atoms with Crippen molar-refractivity contribution in [3.8, 4) is 0 Å². The van der Waals surface area contributed by atoms with Gasteiger partial charge in [0.1, 0.15) is 11.5 Å². The van der Waals surface area contributed by atoms with Crippen LogP contribution in [0.5, 0.6) is 0 Å². The summed E-state index contributed by atoms with van der Waals surface area (Å²) in [6.07, 6.45) is 1.52. The molecule has 132 valence electrons. The predicted molar refractivity (Wildman–Crippen MR) is 98.1 cm³/mol. The second-order valence-corrected chi connectivity index (χ2v) is 5.82. The largest absolute Gasteiger partial charge is 0.348 e. The van der Waals surface area contributed by atoms with Gasteiger partial charge in [0.05, 0.1) is 6.04 Å². The Balaban J connectivity index is 1.65. The Morgan fingerprint density at radius 3 is 2.58 bits per heavy atom. The summed E-state index contributed by atoms with van der Waals surface area (Å²) in [6.45, 7) is 2.09. The highest BCUT2D eigenvalue weighted by atomic mass is 19.1. The van der Waals surface area contributed by atoms with Crippen molar-refractivity contribution in [2.24, 2.45) is 0 Å². The first-order chi connectivity index (χ1) is 12.6. The first kappa shape index (κ1) is 17.5. The van der Waals surface area contributed by atoms with Crippen molar-refractivity contribution in [3.63, 3.8) is 0 Å². The van der Waals surface area contributed by atoms with E-state index in [9.17, 15) is 9.18 Å². The highest BCUT2D eigenvalue weighted by Gasteiger charge is 2.12. The number of aromatic nitrogens is 2. The van der Waals surface area contributed by atoms with E-state index in [2.05, 4.69) is 20.6 Å². The van der Waals surface area contributed by atoms with E-state index in [1.807, 2.05) is 37.3 Å². The molecule has 3 aromatic rings. The molecule has 26 heavy (non-hydrogen) atoms. The first-order valence-electron chi connectivity index (χ1n) is 8.29. The number of amides is 1. The zero-order valence-electron chi connectivity index (χ0n) is 14.3. The molecule has 1 aromatic heterocycles. The van der Waals surface area contributed by atoms with Gasteiger partial charge >= 0.3 is 0 Å². The summed E-state index contributed by atoms with van der Waals surface area (Å²) in [7, 11) is 0. The third-order valence-electron chi connectivity index (χ3n) is 3.93. The lowest BCUT2D eigenvalue weighted by molar-refractivity contribution is 0.0945. The molecule has 0 aliphatic carbocycles. The second-order valence-electron chi connectivity index (χ2n) is 5.82. The average Bonchev–Trinajstić information content (AvgIpc) is 2.68. The number of carbonyl (C=O) groups excluding carboxylic acids is 1. The van der Waals surface area contributed by atoms with Gasteiger partial charge in [-0.25, -0.2) is 14.4 Å². The van der Waals surface area contributed by atoms with Gasteiger partial charge in [-0.2, -0.15) is 0 Å². The Bertz CT molecular complexity index is 886. The standard InChI is InChI=1S/C20H19FN4O/c1-14(15-7-3-2-4-8-15)24-20-22-12-11-18(25-20)19(26)23-13-16-9-5-6-10-17(16)21/h2-12,14H,13H2,1H3,(H,23,26)(H,22,24,25). The number of nitrogens with one attached hydrogen (secondary N) is 2. The zero-order valence-corrected chi connectivity index (χ0v) is 14.3. The van der Waals surface area contributed by atoms with E-state index < -0.39 is 0 Å². The van der Waals surface area contributed by atoms with Gasteiger partial charge in [0.25, 0.3) is 5.91 Å². The van der Waals surface area contributed by atoms with E-state index in [0.717, 1.165) is 5.56 Å². The molecular formula is C20H19FN4O. The predicted octanol–water partition coefficient (Wildman–Crippen LogP) is 3.72. The van der Waals surface area contributed by atoms with Gasteiger partial charge in [-0.3, -0.25) is 4.79 Å². The normalized spacial score (nSPS) is 11.6. The first-order valence-corrected chi connectivity index (χ1v) is 8.29. The Morgan fingerprint density at radius 1 is 1.08 bits per heavy atom. The zero-order chi connectivity index (χ0) is 18.4. The van der Waals surface area contributed by atoms with Crippen molar-refractivity contribution in [1.29, 1.82) is 0 Å². The summed E-state index contributed by atoms with van der Waals surface area (Å²) >= 11 is 0. The van der Waals surface area contributed by atoms with Crippen LogP contribution in [0, 0.1) is 5.82 Å². The fourth-order valence-corrected chi connectivity index (χ4v) is 2.48. The topological polar surface area (TPSA) is 66.9 Å². The summed E-state index contributed by atoms with van der Waals surface area (Å²) in [5.74, 6) is -0.375. The molecule has 1 heterocycles. The van der Waals surface area contributed by atoms with E-state index in [1.165, 1.54) is 18.3 Å². The van der Waals surface area contributed by atoms with Crippen molar-refractivity contribution in [2.45, 2.75) is 19.5 Å². The molecule has 0 fully saturated rings. The number of anilines is 1. The lowest BCUT2D eigenvalue weighted by atomic mass is 10.1. The van der Waals surface area contributed by atoms with Crippen LogP contribution in [0.3, 0.4) is 0 Å². The number of hydrogen-bond donors (Lipinski definition) is 2. The number of rotatable bonds is 6. The van der Waals surface area contributed by atoms with Gasteiger partial charge in [0, 0.05) is 18.3 Å². The van der Waals surface area contributed by atoms with Crippen LogP contribution in [0.15, 0.2) is 66.9 Å². The average molecular weight is 350 g/mol. The van der Waals surface area contributed by atoms with E-state index in [1.54, 1.807) is 18.2 Å². The Morgan fingerprint density at radius 2 is 1.81 bits per heavy atom. The van der Waals surface area contributed by atoms with Crippen LogP contribution in [-0.2, 0) is 6.54 Å². The third-order valence-corrected chi connectivity index (χ3v) is 3.93. The monoisotopic (exact) mass is 350 g/mol. The maximum atomic E-state index is 13.6. The molecule has 0 aliphatic rings. The van der Waals surface area contributed by atoms with Crippen LogP contribution < -0.4 is 10.6 Å². The van der Waals surface area contributed by atoms with Gasteiger partial charge in [0.15, 0.2) is 0 Å². The van der Waals surface area contributed by atoms with Crippen molar-refractivity contribution >= 4 is 11.9 Å². The molecule has 6 heteroatoms. The van der Waals surface area contributed by atoms with Crippen molar-refractivity contribution < 1.29 is 9.18 Å². The lowest BCUT2D eigenvalue weighted by Gasteiger charge is -2.14. The number of hydrogen-bond acceptors (Lipinski definition) is 4. The maximum absolute atomic E-state index is 13.6. The Kier molecular flexibility index (Phi) is 5.53. The molecule has 0 spiro atoms. The SMILES string of the molecule is CC(Nc1nccc(C(=O)NCc2ccccc2F)n1)c1ccccc1. The van der Waals surface area contributed by atoms with Crippen molar-refractivity contribution in [2.75, 3.05) is 5.32 Å². The minimum Gasteiger partial charge on any atom is -0.348 e. The van der Waals surface area contributed by atoms with Gasteiger partial charge in [-0.1, -0.05) is 48.5 Å². The smallest absolute Gasteiger partial charge is 0.270 e. The van der Waals surface area contributed by atoms with E-state index in [4.69, 9.17) is 0 Å². The van der Waals surface area contributed by atoms with E-state index >= 15 is 0 Å². The minimum atomic E-state index is -0.383. The number of halogens is 1. The molecule has 0 radical (unpaired) electrons. The molecule has 2 aromatic carbocycles. The van der Waals surface area contributed by atoms with Gasteiger partial charge < -0.3 is 10.6 Å². The summed E-state index contributed by atoms with van der Waals surface area (Å²) in [5, 5.41) is 5.85. The summed E-state index contributed by atoms with van der Waals surface area (Å²) in [4.78, 5) is 20.7. The molecule has 0 saturated heterocycles. The molecule has 1 unspecified atom stereocenters. The van der Waals surface area contributed by atoms with Crippen LogP contribution in [0.25, 0.3) is 0 Å². The molecule has 3 rings (SSSR count). The maximum Gasteiger partial charge on any atom is 0.270 e. The molecule has 2 N–H and O–H groups in total. The summed E-state index contributed by atoms with van der Waals surface area (Å²) in [6, 6.07) is 17.7. The van der Waals surface area contributed by atoms with E-state index in [0.29, 0.717) is 11.5 Å². The van der Waals surface area contributed by atoms with Crippen molar-refractivity contribution in [3.05, 3.63) is 89.5 Å². The van der Waals surface area contributed by atoms with Crippen LogP contribution in [-0.4, -0.2) is 15.9 Å². The molecule has 1 amide bonds. The highest BCUT2D eigenvalue weighted by molar-refractivity contribution is 5.92. The van der Waals surface area contributed by atoms with Crippen LogP contribution in [0.1, 0.15) is 34.6 Å². The van der Waals surface area contributed by atoms with Gasteiger partial charge in [-0.15, -0.1) is 0 Å². The van der Waals surface area contributed by atoms with Gasteiger partial charge in [0.2, 0.25) is 5.95 Å². The lowest BCUT2D eigenvalue weighted by Crippen LogP contribution is -2.25. The van der Waals surface area contributed by atoms with Crippen LogP contribution in [0.4, 0.5) is 10.3 Å². The van der Waals surface area contributed by atoms with E-state index in [-0.39, 0.29) is 30.0 Å². The minimum absolute atomic E-state index is 0.00655. The summed E-state index contributed by atoms with van der Waals surface area (Å²) < 4.78 is 13.6. The van der Waals surface area contributed by atoms with Crippen LogP contribution >= 0.6 is 0 Å². The fourth-order valence-electron chi connectivity index (χ4n) is 2.48. The highest BCUT2D eigenvalue weighted by Crippen LogP contribution is 2.16. The second kappa shape index (κ2) is 8.20. The Labute approximate surface area is 151 Å². The van der Waals surface area contributed by atoms with Crippen LogP contribution in [0.2, 0.25) is 0 Å².